The topological polar surface area (TPSA) is 89.2 Å². The van der Waals surface area contributed by atoms with Gasteiger partial charge in [0.15, 0.2) is 0 Å². The molecule has 0 spiro atoms. The molecule has 7 nitrogen and oxygen atoms in total. The standard InChI is InChI=1S/C31H45NO6/c1-2-3-4-5-6-7-8-9-10-11-12-15-23-36-29-19-18-28(38-29)30(33)37-24-21-27-26-17-14-13-16-25(26)20-22-32(27)31(34)35/h13-14,16-19,27H,2-12,15,20-24H2,1H3,(H,34,35). The Bertz CT molecular complexity index is 971. The quantitative estimate of drug-likeness (QED) is 0.155. The molecule has 2 heterocycles. The van der Waals surface area contributed by atoms with Gasteiger partial charge in [-0.15, -0.1) is 0 Å². The molecule has 1 aromatic heterocycles. The van der Waals surface area contributed by atoms with Gasteiger partial charge in [-0.1, -0.05) is 102 Å². The maximum atomic E-state index is 12.4. The van der Waals surface area contributed by atoms with E-state index < -0.39 is 12.1 Å². The Morgan fingerprint density at radius 2 is 1.55 bits per heavy atom. The Morgan fingerprint density at radius 3 is 2.24 bits per heavy atom. The zero-order valence-electron chi connectivity index (χ0n) is 23.0. The summed E-state index contributed by atoms with van der Waals surface area (Å²) in [5.41, 5.74) is 2.12. The number of fused-ring (bicyclic) bond motifs is 1. The molecular formula is C31H45NO6. The predicted octanol–water partition coefficient (Wildman–Crippen LogP) is 8.18. The molecule has 210 valence electrons. The first kappa shape index (κ1) is 29.6. The monoisotopic (exact) mass is 527 g/mol. The molecule has 1 unspecified atom stereocenters. The van der Waals surface area contributed by atoms with E-state index in [1.54, 1.807) is 12.1 Å². The highest BCUT2D eigenvalue weighted by atomic mass is 16.6. The van der Waals surface area contributed by atoms with Gasteiger partial charge in [-0.3, -0.25) is 0 Å². The van der Waals surface area contributed by atoms with E-state index in [1.165, 1.54) is 69.1 Å². The Labute approximate surface area is 227 Å². The lowest BCUT2D eigenvalue weighted by Crippen LogP contribution is -2.39. The van der Waals surface area contributed by atoms with Gasteiger partial charge in [-0.05, 0) is 30.0 Å². The second-order valence-corrected chi connectivity index (χ2v) is 10.2. The Kier molecular flexibility index (Phi) is 13.1. The van der Waals surface area contributed by atoms with Crippen molar-refractivity contribution >= 4 is 12.1 Å². The van der Waals surface area contributed by atoms with Crippen LogP contribution in [0.3, 0.4) is 0 Å². The van der Waals surface area contributed by atoms with Crippen molar-refractivity contribution in [3.8, 4) is 5.95 Å². The van der Waals surface area contributed by atoms with Gasteiger partial charge in [0.1, 0.15) is 0 Å². The third-order valence-corrected chi connectivity index (χ3v) is 7.31. The van der Waals surface area contributed by atoms with Crippen LogP contribution >= 0.6 is 0 Å². The van der Waals surface area contributed by atoms with E-state index in [9.17, 15) is 14.7 Å². The van der Waals surface area contributed by atoms with Crippen molar-refractivity contribution in [3.05, 3.63) is 53.3 Å². The summed E-state index contributed by atoms with van der Waals surface area (Å²) < 4.78 is 16.6. The molecule has 1 aliphatic heterocycles. The molecule has 1 aromatic carbocycles. The number of ether oxygens (including phenoxy) is 2. The van der Waals surface area contributed by atoms with Gasteiger partial charge in [0, 0.05) is 19.0 Å². The van der Waals surface area contributed by atoms with Gasteiger partial charge in [0.25, 0.3) is 5.95 Å². The summed E-state index contributed by atoms with van der Waals surface area (Å²) in [7, 11) is 0. The highest BCUT2D eigenvalue weighted by molar-refractivity contribution is 5.86. The van der Waals surface area contributed by atoms with Crippen molar-refractivity contribution in [2.24, 2.45) is 0 Å². The summed E-state index contributed by atoms with van der Waals surface area (Å²) in [6, 6.07) is 10.7. The number of hydrogen-bond acceptors (Lipinski definition) is 5. The maximum Gasteiger partial charge on any atom is 0.407 e. The highest BCUT2D eigenvalue weighted by Gasteiger charge is 2.30. The third-order valence-electron chi connectivity index (χ3n) is 7.31. The molecule has 1 atom stereocenters. The molecule has 0 fully saturated rings. The summed E-state index contributed by atoms with van der Waals surface area (Å²) in [6.07, 6.45) is 15.6. The molecule has 0 radical (unpaired) electrons. The number of furan rings is 1. The zero-order chi connectivity index (χ0) is 27.0. The fourth-order valence-corrected chi connectivity index (χ4v) is 5.15. The third kappa shape index (κ3) is 9.73. The highest BCUT2D eigenvalue weighted by Crippen LogP contribution is 2.32. The number of benzene rings is 1. The van der Waals surface area contributed by atoms with E-state index in [4.69, 9.17) is 13.9 Å². The smallest absolute Gasteiger partial charge is 0.407 e. The molecule has 0 saturated carbocycles. The van der Waals surface area contributed by atoms with Crippen molar-refractivity contribution in [1.82, 2.24) is 4.90 Å². The molecule has 1 amide bonds. The lowest BCUT2D eigenvalue weighted by atomic mass is 9.91. The van der Waals surface area contributed by atoms with Crippen LogP contribution in [0.4, 0.5) is 4.79 Å². The number of nitrogens with zero attached hydrogens (tertiary/aromatic N) is 1. The Balaban J connectivity index is 1.28. The number of unbranched alkanes of at least 4 members (excludes halogenated alkanes) is 11. The molecule has 3 rings (SSSR count). The summed E-state index contributed by atoms with van der Waals surface area (Å²) >= 11 is 0. The number of hydrogen-bond donors (Lipinski definition) is 1. The van der Waals surface area contributed by atoms with Crippen LogP contribution in [0.2, 0.25) is 0 Å². The van der Waals surface area contributed by atoms with Gasteiger partial charge in [0.05, 0.1) is 19.3 Å². The van der Waals surface area contributed by atoms with Crippen LogP contribution in [0.25, 0.3) is 0 Å². The Hall–Kier alpha value is -2.96. The first-order valence-corrected chi connectivity index (χ1v) is 14.6. The van der Waals surface area contributed by atoms with E-state index >= 15 is 0 Å². The van der Waals surface area contributed by atoms with Gasteiger partial charge in [-0.25, -0.2) is 9.59 Å². The van der Waals surface area contributed by atoms with Crippen LogP contribution < -0.4 is 4.74 Å². The predicted molar refractivity (Wildman–Crippen MR) is 148 cm³/mol. The molecule has 7 heteroatoms. The van der Waals surface area contributed by atoms with Crippen molar-refractivity contribution in [2.75, 3.05) is 19.8 Å². The lowest BCUT2D eigenvalue weighted by molar-refractivity contribution is 0.0412. The van der Waals surface area contributed by atoms with Crippen LogP contribution in [0, 0.1) is 0 Å². The van der Waals surface area contributed by atoms with Crippen molar-refractivity contribution in [2.45, 2.75) is 103 Å². The molecule has 1 aliphatic rings. The minimum Gasteiger partial charge on any atom is -0.465 e. The number of carbonyl (C=O) groups is 2. The largest absolute Gasteiger partial charge is 0.465 e. The summed E-state index contributed by atoms with van der Waals surface area (Å²) in [6.45, 7) is 3.35. The Morgan fingerprint density at radius 1 is 0.895 bits per heavy atom. The van der Waals surface area contributed by atoms with Crippen LogP contribution in [-0.4, -0.2) is 41.8 Å². The van der Waals surface area contributed by atoms with Gasteiger partial charge < -0.3 is 23.9 Å². The average molecular weight is 528 g/mol. The number of carboxylic acid groups (broad SMARTS) is 1. The van der Waals surface area contributed by atoms with Gasteiger partial charge in [0.2, 0.25) is 5.76 Å². The number of esters is 1. The molecule has 2 aromatic rings. The van der Waals surface area contributed by atoms with E-state index in [1.807, 2.05) is 24.3 Å². The fourth-order valence-electron chi connectivity index (χ4n) is 5.15. The van der Waals surface area contributed by atoms with Gasteiger partial charge >= 0.3 is 12.1 Å². The van der Waals surface area contributed by atoms with E-state index in [0.29, 0.717) is 31.9 Å². The van der Waals surface area contributed by atoms with Crippen LogP contribution in [0.15, 0.2) is 40.8 Å². The second kappa shape index (κ2) is 16.8. The van der Waals surface area contributed by atoms with Crippen LogP contribution in [0.5, 0.6) is 5.95 Å². The van der Waals surface area contributed by atoms with Crippen molar-refractivity contribution in [1.29, 1.82) is 0 Å². The minimum atomic E-state index is -0.961. The number of amides is 1. The molecule has 0 aliphatic carbocycles. The number of rotatable bonds is 18. The molecule has 0 bridgehead atoms. The van der Waals surface area contributed by atoms with Crippen molar-refractivity contribution in [3.63, 3.8) is 0 Å². The zero-order valence-corrected chi connectivity index (χ0v) is 23.0. The van der Waals surface area contributed by atoms with Gasteiger partial charge in [-0.2, -0.15) is 0 Å². The van der Waals surface area contributed by atoms with Crippen molar-refractivity contribution < 1.29 is 28.6 Å². The minimum absolute atomic E-state index is 0.0915. The average Bonchev–Trinajstić information content (AvgIpc) is 3.40. The van der Waals surface area contributed by atoms with Crippen LogP contribution in [-0.2, 0) is 11.2 Å². The summed E-state index contributed by atoms with van der Waals surface area (Å²) in [5.74, 6) is -0.164. The van der Waals surface area contributed by atoms with E-state index in [-0.39, 0.29) is 18.4 Å². The summed E-state index contributed by atoms with van der Waals surface area (Å²) in [4.78, 5) is 25.6. The molecular weight excluding hydrogens is 482 g/mol. The normalized spacial score (nSPS) is 14.8. The molecule has 1 N–H and O–H groups in total. The maximum absolute atomic E-state index is 12.4. The molecule has 0 saturated heterocycles. The first-order chi connectivity index (χ1) is 18.6. The van der Waals surface area contributed by atoms with E-state index in [2.05, 4.69) is 6.92 Å². The summed E-state index contributed by atoms with van der Waals surface area (Å²) in [5, 5.41) is 9.61. The number of carbonyl (C=O) groups excluding carboxylic acids is 1. The lowest BCUT2D eigenvalue weighted by Gasteiger charge is -2.35. The SMILES string of the molecule is CCCCCCCCCCCCCCOc1ccc(C(=O)OCCC2c3ccccc3CCN2C(=O)O)o1. The van der Waals surface area contributed by atoms with E-state index in [0.717, 1.165) is 24.0 Å². The molecule has 38 heavy (non-hydrogen) atoms. The first-order valence-electron chi connectivity index (χ1n) is 14.6. The fraction of sp³-hybridized carbons (Fsp3) is 0.613. The second-order valence-electron chi connectivity index (χ2n) is 10.2. The van der Waals surface area contributed by atoms with Crippen LogP contribution in [0.1, 0.15) is 118 Å².